The molecule has 0 bridgehead atoms. The van der Waals surface area contributed by atoms with Crippen LogP contribution < -0.4 is 14.5 Å². The monoisotopic (exact) mass is 368 g/mol. The maximum absolute atomic E-state index is 14.4. The molecule has 0 unspecified atom stereocenters. The van der Waals surface area contributed by atoms with Gasteiger partial charge in [0.1, 0.15) is 0 Å². The number of carbonyl (C=O) groups is 2. The number of ether oxygens (including phenoxy) is 1. The first kappa shape index (κ1) is 17.7. The Bertz CT molecular complexity index is 837. The largest absolute Gasteiger partial charge is 0.426 e. The van der Waals surface area contributed by atoms with E-state index in [0.29, 0.717) is 0 Å². The highest BCUT2D eigenvalue weighted by molar-refractivity contribution is 6.06. The molecule has 1 aliphatic rings. The van der Waals surface area contributed by atoms with Gasteiger partial charge < -0.3 is 4.74 Å². The Kier molecular flexibility index (Phi) is 4.54. The third kappa shape index (κ3) is 3.19. The van der Waals surface area contributed by atoms with Gasteiger partial charge in [0.05, 0.1) is 11.3 Å². The molecule has 0 radical (unpaired) electrons. The van der Waals surface area contributed by atoms with E-state index in [9.17, 15) is 27.2 Å². The molecule has 0 spiro atoms. The van der Waals surface area contributed by atoms with E-state index in [0.717, 1.165) is 17.0 Å². The van der Waals surface area contributed by atoms with Crippen LogP contribution in [0.25, 0.3) is 0 Å². The van der Waals surface area contributed by atoms with Crippen LogP contribution >= 0.6 is 0 Å². The van der Waals surface area contributed by atoms with Crippen molar-refractivity contribution < 1.29 is 31.9 Å². The molecule has 1 saturated heterocycles. The Morgan fingerprint density at radius 2 is 1.65 bits per heavy atom. The van der Waals surface area contributed by atoms with Crippen molar-refractivity contribution in [3.05, 3.63) is 53.8 Å². The highest BCUT2D eigenvalue weighted by Gasteiger charge is 2.34. The van der Waals surface area contributed by atoms with Crippen molar-refractivity contribution in [2.75, 3.05) is 22.9 Å². The molecule has 136 valence electrons. The number of halogens is 4. The summed E-state index contributed by atoms with van der Waals surface area (Å²) in [5.74, 6) is -1.19. The van der Waals surface area contributed by atoms with E-state index in [-0.39, 0.29) is 36.7 Å². The van der Waals surface area contributed by atoms with Gasteiger partial charge in [-0.1, -0.05) is 6.07 Å². The van der Waals surface area contributed by atoms with E-state index in [1.807, 2.05) is 0 Å². The van der Waals surface area contributed by atoms with Gasteiger partial charge >= 0.3 is 12.2 Å². The van der Waals surface area contributed by atoms with Gasteiger partial charge in [0.25, 0.3) is 6.47 Å². The molecule has 3 rings (SSSR count). The number of nitrogens with zero attached hydrogens (tertiary/aromatic N) is 2. The minimum Gasteiger partial charge on any atom is -0.426 e. The van der Waals surface area contributed by atoms with Crippen LogP contribution in [0.15, 0.2) is 42.5 Å². The highest BCUT2D eigenvalue weighted by Crippen LogP contribution is 2.33. The first-order valence-electron chi connectivity index (χ1n) is 7.48. The lowest BCUT2D eigenvalue weighted by molar-refractivity contribution is -0.137. The number of benzene rings is 2. The summed E-state index contributed by atoms with van der Waals surface area (Å²) in [5.41, 5.74) is -0.635. The third-order valence-corrected chi connectivity index (χ3v) is 3.92. The zero-order valence-corrected chi connectivity index (χ0v) is 13.2. The summed E-state index contributed by atoms with van der Waals surface area (Å²) < 4.78 is 56.8. The standard InChI is InChI=1S/C17H12F4N2O3/c18-15-13(2-1-3-14(15)26-10-24)23-9-8-22(16(23)25)12-6-4-11(5-7-12)17(19,20)21/h1-7,10H,8-9H2. The van der Waals surface area contributed by atoms with E-state index in [2.05, 4.69) is 4.74 Å². The molecule has 1 heterocycles. The van der Waals surface area contributed by atoms with Gasteiger partial charge in [0, 0.05) is 18.8 Å². The number of hydrogen-bond donors (Lipinski definition) is 0. The third-order valence-electron chi connectivity index (χ3n) is 3.92. The number of carbonyl (C=O) groups excluding carboxylic acids is 2. The summed E-state index contributed by atoms with van der Waals surface area (Å²) in [6.07, 6.45) is -4.47. The molecule has 1 aliphatic heterocycles. The van der Waals surface area contributed by atoms with Gasteiger partial charge in [-0.05, 0) is 36.4 Å². The van der Waals surface area contributed by atoms with Crippen molar-refractivity contribution in [3.8, 4) is 5.75 Å². The zero-order chi connectivity index (χ0) is 18.9. The molecular formula is C17H12F4N2O3. The summed E-state index contributed by atoms with van der Waals surface area (Å²) in [6, 6.07) is 7.55. The molecule has 0 atom stereocenters. The molecule has 1 fully saturated rings. The molecule has 5 nitrogen and oxygen atoms in total. The molecule has 2 amide bonds. The predicted molar refractivity (Wildman–Crippen MR) is 84.6 cm³/mol. The fourth-order valence-corrected chi connectivity index (χ4v) is 2.68. The Morgan fingerprint density at radius 1 is 1.00 bits per heavy atom. The normalized spacial score (nSPS) is 14.7. The lowest BCUT2D eigenvalue weighted by Crippen LogP contribution is -2.32. The van der Waals surface area contributed by atoms with Gasteiger partial charge in [0.2, 0.25) is 0 Å². The second kappa shape index (κ2) is 6.66. The van der Waals surface area contributed by atoms with Gasteiger partial charge in [-0.2, -0.15) is 13.2 Å². The first-order chi connectivity index (χ1) is 12.3. The number of rotatable bonds is 4. The lowest BCUT2D eigenvalue weighted by Gasteiger charge is -2.20. The van der Waals surface area contributed by atoms with Gasteiger partial charge in [-0.25, -0.2) is 9.18 Å². The van der Waals surface area contributed by atoms with Crippen molar-refractivity contribution >= 4 is 23.9 Å². The van der Waals surface area contributed by atoms with E-state index >= 15 is 0 Å². The first-order valence-corrected chi connectivity index (χ1v) is 7.48. The number of alkyl halides is 3. The summed E-state index contributed by atoms with van der Waals surface area (Å²) in [6.45, 7) is 0.367. The summed E-state index contributed by atoms with van der Waals surface area (Å²) >= 11 is 0. The summed E-state index contributed by atoms with van der Waals surface area (Å²) in [7, 11) is 0. The Hall–Kier alpha value is -3.10. The molecule has 26 heavy (non-hydrogen) atoms. The van der Waals surface area contributed by atoms with Crippen molar-refractivity contribution in [3.63, 3.8) is 0 Å². The average Bonchev–Trinajstić information content (AvgIpc) is 2.98. The predicted octanol–water partition coefficient (Wildman–Crippen LogP) is 3.83. The van der Waals surface area contributed by atoms with Crippen LogP contribution in [0, 0.1) is 5.82 Å². The Morgan fingerprint density at radius 3 is 2.27 bits per heavy atom. The smallest absolute Gasteiger partial charge is 0.416 e. The Balaban J connectivity index is 1.85. The maximum Gasteiger partial charge on any atom is 0.416 e. The molecule has 2 aromatic rings. The van der Waals surface area contributed by atoms with Crippen LogP contribution in [0.2, 0.25) is 0 Å². The molecule has 9 heteroatoms. The fourth-order valence-electron chi connectivity index (χ4n) is 2.68. The molecule has 0 N–H and O–H groups in total. The molecule has 0 saturated carbocycles. The number of anilines is 2. The lowest BCUT2D eigenvalue weighted by atomic mass is 10.2. The van der Waals surface area contributed by atoms with Crippen LogP contribution in [-0.2, 0) is 11.0 Å². The van der Waals surface area contributed by atoms with Crippen LogP contribution in [0.4, 0.5) is 33.7 Å². The van der Waals surface area contributed by atoms with Gasteiger partial charge in [0.15, 0.2) is 11.6 Å². The second-order valence-corrected chi connectivity index (χ2v) is 5.43. The topological polar surface area (TPSA) is 49.9 Å². The van der Waals surface area contributed by atoms with E-state index in [1.165, 1.54) is 35.2 Å². The SMILES string of the molecule is O=COc1cccc(N2CCN(c3ccc(C(F)(F)F)cc3)C2=O)c1F. The number of amides is 2. The van der Waals surface area contributed by atoms with Crippen LogP contribution in [0.5, 0.6) is 5.75 Å². The van der Waals surface area contributed by atoms with Gasteiger partial charge in [-0.3, -0.25) is 14.6 Å². The van der Waals surface area contributed by atoms with Crippen molar-refractivity contribution in [1.82, 2.24) is 0 Å². The fraction of sp³-hybridized carbons (Fsp3) is 0.176. The minimum atomic E-state index is -4.47. The average molecular weight is 368 g/mol. The minimum absolute atomic E-state index is 0.0719. The zero-order valence-electron chi connectivity index (χ0n) is 13.2. The molecule has 2 aromatic carbocycles. The van der Waals surface area contributed by atoms with Crippen LogP contribution in [-0.4, -0.2) is 25.6 Å². The van der Waals surface area contributed by atoms with Crippen molar-refractivity contribution in [2.45, 2.75) is 6.18 Å². The Labute approximate surface area is 145 Å². The van der Waals surface area contributed by atoms with E-state index in [1.54, 1.807) is 0 Å². The van der Waals surface area contributed by atoms with Crippen LogP contribution in [0.3, 0.4) is 0 Å². The number of hydrogen-bond acceptors (Lipinski definition) is 3. The molecule has 0 aromatic heterocycles. The second-order valence-electron chi connectivity index (χ2n) is 5.43. The summed E-state index contributed by atoms with van der Waals surface area (Å²) in [5, 5.41) is 0. The molecular weight excluding hydrogens is 356 g/mol. The maximum atomic E-state index is 14.4. The van der Waals surface area contributed by atoms with Crippen molar-refractivity contribution in [2.24, 2.45) is 0 Å². The van der Waals surface area contributed by atoms with Crippen molar-refractivity contribution in [1.29, 1.82) is 0 Å². The van der Waals surface area contributed by atoms with Crippen LogP contribution in [0.1, 0.15) is 5.56 Å². The highest BCUT2D eigenvalue weighted by atomic mass is 19.4. The quantitative estimate of drug-likeness (QED) is 0.609. The summed E-state index contributed by atoms with van der Waals surface area (Å²) in [4.78, 5) is 25.3. The van der Waals surface area contributed by atoms with E-state index < -0.39 is 23.6 Å². The number of urea groups is 1. The van der Waals surface area contributed by atoms with E-state index in [4.69, 9.17) is 0 Å². The molecule has 0 aliphatic carbocycles. The van der Waals surface area contributed by atoms with Gasteiger partial charge in [-0.15, -0.1) is 0 Å².